The molecule has 1 heterocycles. The molecule has 0 spiro atoms. The summed E-state index contributed by atoms with van der Waals surface area (Å²) in [7, 11) is 2.23. The maximum Gasteiger partial charge on any atom is 0.000963 e. The van der Waals surface area contributed by atoms with E-state index in [-0.39, 0.29) is 0 Å². The Morgan fingerprint density at radius 2 is 2.27 bits per heavy atom. The molecule has 1 heteroatoms. The van der Waals surface area contributed by atoms with Crippen molar-refractivity contribution in [1.82, 2.24) is 4.90 Å². The first-order chi connectivity index (χ1) is 5.24. The zero-order valence-electron chi connectivity index (χ0n) is 8.14. The summed E-state index contributed by atoms with van der Waals surface area (Å²) in [4.78, 5) is 2.46. The zero-order chi connectivity index (χ0) is 8.27. The average molecular weight is 155 g/mol. The molecule has 1 aliphatic heterocycles. The van der Waals surface area contributed by atoms with Gasteiger partial charge >= 0.3 is 0 Å². The Morgan fingerprint density at radius 1 is 1.55 bits per heavy atom. The minimum atomic E-state index is 0.949. The van der Waals surface area contributed by atoms with Gasteiger partial charge in [-0.2, -0.15) is 0 Å². The molecule has 11 heavy (non-hydrogen) atoms. The first kappa shape index (κ1) is 9.05. The molecular formula is C10H21N. The van der Waals surface area contributed by atoms with E-state index in [0.717, 1.165) is 11.8 Å². The van der Waals surface area contributed by atoms with Crippen LogP contribution in [0.3, 0.4) is 0 Å². The average Bonchev–Trinajstić information content (AvgIpc) is 2.36. The molecule has 1 aliphatic rings. The number of likely N-dealkylation sites (tertiary alicyclic amines) is 1. The molecule has 0 aliphatic carbocycles. The van der Waals surface area contributed by atoms with Gasteiger partial charge in [0.2, 0.25) is 0 Å². The quantitative estimate of drug-likeness (QED) is 0.605. The van der Waals surface area contributed by atoms with Gasteiger partial charge in [-0.25, -0.2) is 0 Å². The number of rotatable bonds is 3. The fraction of sp³-hybridized carbons (Fsp3) is 1.00. The highest BCUT2D eigenvalue weighted by molar-refractivity contribution is 4.76. The second-order valence-electron chi connectivity index (χ2n) is 4.08. The van der Waals surface area contributed by atoms with Crippen LogP contribution in [0.1, 0.15) is 33.1 Å². The van der Waals surface area contributed by atoms with Crippen molar-refractivity contribution in [3.8, 4) is 0 Å². The lowest BCUT2D eigenvalue weighted by Gasteiger charge is -2.17. The minimum Gasteiger partial charge on any atom is -0.306 e. The normalized spacial score (nSPS) is 29.2. The fourth-order valence-corrected chi connectivity index (χ4v) is 2.12. The highest BCUT2D eigenvalue weighted by atomic mass is 15.1. The van der Waals surface area contributed by atoms with Crippen LogP contribution in [0.5, 0.6) is 0 Å². The van der Waals surface area contributed by atoms with E-state index < -0.39 is 0 Å². The molecule has 0 amide bonds. The molecule has 1 saturated heterocycles. The zero-order valence-corrected chi connectivity index (χ0v) is 8.14. The van der Waals surface area contributed by atoms with Crippen LogP contribution in [0.15, 0.2) is 0 Å². The first-order valence-electron chi connectivity index (χ1n) is 4.92. The van der Waals surface area contributed by atoms with E-state index in [2.05, 4.69) is 25.8 Å². The number of nitrogens with zero attached hydrogens (tertiary/aromatic N) is 1. The van der Waals surface area contributed by atoms with Crippen LogP contribution in [0.25, 0.3) is 0 Å². The third kappa shape index (κ3) is 2.48. The van der Waals surface area contributed by atoms with Gasteiger partial charge in [-0.3, -0.25) is 0 Å². The van der Waals surface area contributed by atoms with E-state index in [1.165, 1.54) is 32.4 Å². The van der Waals surface area contributed by atoms with Gasteiger partial charge in [0.15, 0.2) is 0 Å². The van der Waals surface area contributed by atoms with Gasteiger partial charge < -0.3 is 4.90 Å². The predicted molar refractivity (Wildman–Crippen MR) is 49.7 cm³/mol. The molecule has 0 N–H and O–H groups in total. The van der Waals surface area contributed by atoms with Crippen LogP contribution in [0, 0.1) is 11.8 Å². The standard InChI is InChI=1S/C10H21N/c1-4-5-9(2)10-6-7-11(3)8-10/h9-10H,4-8H2,1-3H3/t9-,10?/m1/s1. The SMILES string of the molecule is CCC[C@@H](C)C1CCN(C)C1. The molecular weight excluding hydrogens is 134 g/mol. The number of hydrogen-bond acceptors (Lipinski definition) is 1. The molecule has 0 bridgehead atoms. The lowest BCUT2D eigenvalue weighted by molar-refractivity contribution is 0.321. The van der Waals surface area contributed by atoms with Crippen molar-refractivity contribution in [2.75, 3.05) is 20.1 Å². The van der Waals surface area contributed by atoms with Crippen molar-refractivity contribution in [2.24, 2.45) is 11.8 Å². The Morgan fingerprint density at radius 3 is 2.73 bits per heavy atom. The molecule has 66 valence electrons. The van der Waals surface area contributed by atoms with Crippen molar-refractivity contribution in [3.63, 3.8) is 0 Å². The van der Waals surface area contributed by atoms with Crippen LogP contribution in [-0.2, 0) is 0 Å². The summed E-state index contributed by atoms with van der Waals surface area (Å²) in [6.45, 7) is 7.35. The lowest BCUT2D eigenvalue weighted by atomic mass is 9.90. The Bertz CT molecular complexity index is 111. The lowest BCUT2D eigenvalue weighted by Crippen LogP contribution is -2.17. The van der Waals surface area contributed by atoms with Crippen LogP contribution in [-0.4, -0.2) is 25.0 Å². The predicted octanol–water partition coefficient (Wildman–Crippen LogP) is 2.37. The minimum absolute atomic E-state index is 0.949. The van der Waals surface area contributed by atoms with Gasteiger partial charge in [0, 0.05) is 6.54 Å². The van der Waals surface area contributed by atoms with E-state index >= 15 is 0 Å². The van der Waals surface area contributed by atoms with Crippen molar-refractivity contribution in [3.05, 3.63) is 0 Å². The molecule has 1 unspecified atom stereocenters. The molecule has 1 nitrogen and oxygen atoms in total. The first-order valence-corrected chi connectivity index (χ1v) is 4.92. The molecule has 0 aromatic heterocycles. The van der Waals surface area contributed by atoms with E-state index in [9.17, 15) is 0 Å². The largest absolute Gasteiger partial charge is 0.306 e. The van der Waals surface area contributed by atoms with Crippen molar-refractivity contribution in [2.45, 2.75) is 33.1 Å². The van der Waals surface area contributed by atoms with E-state index in [0.29, 0.717) is 0 Å². The smallest absolute Gasteiger partial charge is 0.000963 e. The van der Waals surface area contributed by atoms with Gasteiger partial charge in [0.05, 0.1) is 0 Å². The second kappa shape index (κ2) is 4.10. The van der Waals surface area contributed by atoms with Gasteiger partial charge in [0.25, 0.3) is 0 Å². The maximum atomic E-state index is 2.46. The Hall–Kier alpha value is -0.0400. The molecule has 1 fully saturated rings. The summed E-state index contributed by atoms with van der Waals surface area (Å²) in [6, 6.07) is 0. The Kier molecular flexibility index (Phi) is 3.38. The van der Waals surface area contributed by atoms with Crippen molar-refractivity contribution >= 4 is 0 Å². The number of hydrogen-bond donors (Lipinski definition) is 0. The highest BCUT2D eigenvalue weighted by Gasteiger charge is 2.23. The van der Waals surface area contributed by atoms with E-state index in [1.54, 1.807) is 0 Å². The fourth-order valence-electron chi connectivity index (χ4n) is 2.12. The van der Waals surface area contributed by atoms with Crippen LogP contribution in [0.4, 0.5) is 0 Å². The van der Waals surface area contributed by atoms with Gasteiger partial charge in [-0.05, 0) is 31.8 Å². The summed E-state index contributed by atoms with van der Waals surface area (Å²) in [5.41, 5.74) is 0. The van der Waals surface area contributed by atoms with Crippen molar-refractivity contribution < 1.29 is 0 Å². The molecule has 0 radical (unpaired) electrons. The van der Waals surface area contributed by atoms with Crippen LogP contribution < -0.4 is 0 Å². The molecule has 0 aromatic rings. The molecule has 0 aromatic carbocycles. The molecule has 0 saturated carbocycles. The maximum absolute atomic E-state index is 2.46. The van der Waals surface area contributed by atoms with Gasteiger partial charge in [0.1, 0.15) is 0 Å². The highest BCUT2D eigenvalue weighted by Crippen LogP contribution is 2.25. The second-order valence-corrected chi connectivity index (χ2v) is 4.08. The Balaban J connectivity index is 2.25. The van der Waals surface area contributed by atoms with Gasteiger partial charge in [-0.15, -0.1) is 0 Å². The van der Waals surface area contributed by atoms with Gasteiger partial charge in [-0.1, -0.05) is 26.7 Å². The summed E-state index contributed by atoms with van der Waals surface area (Å²) in [5, 5.41) is 0. The van der Waals surface area contributed by atoms with E-state index in [4.69, 9.17) is 0 Å². The molecule has 1 rings (SSSR count). The monoisotopic (exact) mass is 155 g/mol. The topological polar surface area (TPSA) is 3.24 Å². The molecule has 2 atom stereocenters. The summed E-state index contributed by atoms with van der Waals surface area (Å²) in [6.07, 6.45) is 4.19. The van der Waals surface area contributed by atoms with Crippen molar-refractivity contribution in [1.29, 1.82) is 0 Å². The third-order valence-corrected chi connectivity index (χ3v) is 2.98. The summed E-state index contributed by atoms with van der Waals surface area (Å²) in [5.74, 6) is 1.94. The van der Waals surface area contributed by atoms with Crippen LogP contribution >= 0.6 is 0 Å². The Labute approximate surface area is 70.8 Å². The van der Waals surface area contributed by atoms with E-state index in [1.807, 2.05) is 0 Å². The third-order valence-electron chi connectivity index (χ3n) is 2.98. The van der Waals surface area contributed by atoms with Crippen LogP contribution in [0.2, 0.25) is 0 Å². The summed E-state index contributed by atoms with van der Waals surface area (Å²) >= 11 is 0. The summed E-state index contributed by atoms with van der Waals surface area (Å²) < 4.78 is 0.